The molecule has 0 atom stereocenters. The number of nitrogens with zero attached hydrogens (tertiary/aromatic N) is 2. The van der Waals surface area contributed by atoms with Gasteiger partial charge in [-0.1, -0.05) is 36.4 Å². The van der Waals surface area contributed by atoms with Crippen LogP contribution in [0.25, 0.3) is 11.1 Å². The first kappa shape index (κ1) is 28.8. The summed E-state index contributed by atoms with van der Waals surface area (Å²) in [5.74, 6) is -0.533. The average Bonchev–Trinajstić information content (AvgIpc) is 2.99. The van der Waals surface area contributed by atoms with Gasteiger partial charge in [0.1, 0.15) is 0 Å². The zero-order valence-electron chi connectivity index (χ0n) is 22.7. The smallest absolute Gasteiger partial charge is 0.399 e. The number of aryl methyl sites for hydroxylation is 1. The highest BCUT2D eigenvalue weighted by molar-refractivity contribution is 6.08. The number of hydrogen-bond acceptors (Lipinski definition) is 6. The van der Waals surface area contributed by atoms with Crippen molar-refractivity contribution in [2.45, 2.75) is 13.1 Å². The summed E-state index contributed by atoms with van der Waals surface area (Å²) < 4.78 is 39.2. The van der Waals surface area contributed by atoms with Crippen LogP contribution in [0.15, 0.2) is 103 Å². The summed E-state index contributed by atoms with van der Waals surface area (Å²) in [4.78, 5) is 34.4. The van der Waals surface area contributed by atoms with Crippen molar-refractivity contribution in [2.75, 3.05) is 21.7 Å². The van der Waals surface area contributed by atoms with Crippen LogP contribution in [0.2, 0.25) is 0 Å². The Hall–Kier alpha value is -5.71. The predicted molar refractivity (Wildman–Crippen MR) is 160 cm³/mol. The fourth-order valence-corrected chi connectivity index (χ4v) is 4.24. The summed E-state index contributed by atoms with van der Waals surface area (Å²) in [6, 6.07) is 23.2. The summed E-state index contributed by atoms with van der Waals surface area (Å²) in [7, 11) is 0. The molecule has 1 aromatic heterocycles. The van der Waals surface area contributed by atoms with Crippen LogP contribution in [0.5, 0.6) is 0 Å². The van der Waals surface area contributed by atoms with Crippen molar-refractivity contribution in [3.63, 3.8) is 0 Å². The van der Waals surface area contributed by atoms with Crippen molar-refractivity contribution >= 4 is 40.5 Å². The number of nitrogens with one attached hydrogen (secondary N) is 3. The number of carbonyl (C=O) groups is 2. The molecule has 8 nitrogen and oxygen atoms in total. The van der Waals surface area contributed by atoms with Gasteiger partial charge >= 0.3 is 6.18 Å². The van der Waals surface area contributed by atoms with Crippen molar-refractivity contribution in [2.24, 2.45) is 0 Å². The van der Waals surface area contributed by atoms with Gasteiger partial charge in [-0.2, -0.15) is 13.2 Å². The number of carbonyl (C=O) groups excluding carboxylic acids is 2. The molecule has 43 heavy (non-hydrogen) atoms. The Kier molecular flexibility index (Phi) is 8.06. The van der Waals surface area contributed by atoms with E-state index in [0.29, 0.717) is 50.8 Å². The number of alkyl halides is 3. The SMILES string of the molecule is Cc1ccc(NC(=O)c2ccc(-c3cccc(C(F)(F)F)c3)cc2)cc1C(=O)Nc1cnc(Nc2cccc(N)c2)nc1. The second-order valence-corrected chi connectivity index (χ2v) is 9.64. The molecule has 0 aliphatic carbocycles. The van der Waals surface area contributed by atoms with Crippen LogP contribution in [0.3, 0.4) is 0 Å². The number of nitrogens with two attached hydrogens (primary N) is 1. The molecule has 0 saturated carbocycles. The molecule has 5 rings (SSSR count). The highest BCUT2D eigenvalue weighted by Crippen LogP contribution is 2.32. The number of anilines is 5. The molecular formula is C32H25F3N6O2. The van der Waals surface area contributed by atoms with E-state index in [2.05, 4.69) is 25.9 Å². The van der Waals surface area contributed by atoms with Crippen LogP contribution in [0.1, 0.15) is 31.8 Å². The third-order valence-electron chi connectivity index (χ3n) is 6.46. The largest absolute Gasteiger partial charge is 0.416 e. The Balaban J connectivity index is 1.24. The molecule has 1 heterocycles. The molecule has 5 aromatic rings. The fourth-order valence-electron chi connectivity index (χ4n) is 4.24. The van der Waals surface area contributed by atoms with Gasteiger partial charge in [-0.3, -0.25) is 9.59 Å². The summed E-state index contributed by atoms with van der Waals surface area (Å²) >= 11 is 0. The van der Waals surface area contributed by atoms with Gasteiger partial charge in [0.05, 0.1) is 23.6 Å². The van der Waals surface area contributed by atoms with E-state index < -0.39 is 23.6 Å². The van der Waals surface area contributed by atoms with Crippen LogP contribution in [-0.4, -0.2) is 21.8 Å². The molecule has 5 N–H and O–H groups in total. The number of nitrogen functional groups attached to an aromatic ring is 1. The zero-order chi connectivity index (χ0) is 30.6. The lowest BCUT2D eigenvalue weighted by atomic mass is 10.0. The predicted octanol–water partition coefficient (Wildman–Crippen LogP) is 7.30. The maximum absolute atomic E-state index is 13.1. The lowest BCUT2D eigenvalue weighted by molar-refractivity contribution is -0.137. The lowest BCUT2D eigenvalue weighted by Crippen LogP contribution is -2.16. The minimum absolute atomic E-state index is 0.298. The number of halogens is 3. The Morgan fingerprint density at radius 1 is 0.721 bits per heavy atom. The van der Waals surface area contributed by atoms with Crippen LogP contribution in [0, 0.1) is 6.92 Å². The van der Waals surface area contributed by atoms with Crippen LogP contribution in [0.4, 0.5) is 41.9 Å². The molecule has 2 amide bonds. The summed E-state index contributed by atoms with van der Waals surface area (Å²) in [6.07, 6.45) is -1.53. The van der Waals surface area contributed by atoms with Gasteiger partial charge in [0.25, 0.3) is 11.8 Å². The van der Waals surface area contributed by atoms with Crippen molar-refractivity contribution in [1.29, 1.82) is 0 Å². The molecule has 0 radical (unpaired) electrons. The van der Waals surface area contributed by atoms with Gasteiger partial charge in [0.15, 0.2) is 0 Å². The minimum Gasteiger partial charge on any atom is -0.399 e. The molecule has 216 valence electrons. The molecule has 0 spiro atoms. The maximum Gasteiger partial charge on any atom is 0.416 e. The fraction of sp³-hybridized carbons (Fsp3) is 0.0625. The number of rotatable bonds is 7. The van der Waals surface area contributed by atoms with E-state index in [-0.39, 0.29) is 0 Å². The second kappa shape index (κ2) is 12.0. The van der Waals surface area contributed by atoms with E-state index in [1.165, 1.54) is 30.6 Å². The summed E-state index contributed by atoms with van der Waals surface area (Å²) in [6.45, 7) is 1.77. The van der Waals surface area contributed by atoms with Gasteiger partial charge in [-0.25, -0.2) is 9.97 Å². The van der Waals surface area contributed by atoms with Gasteiger partial charge in [-0.05, 0) is 78.2 Å². The molecule has 4 aromatic carbocycles. The third-order valence-corrected chi connectivity index (χ3v) is 6.46. The molecule has 0 aliphatic rings. The Labute approximate surface area is 244 Å². The Bertz CT molecular complexity index is 1790. The van der Waals surface area contributed by atoms with E-state index in [0.717, 1.165) is 17.8 Å². The molecule has 11 heteroatoms. The highest BCUT2D eigenvalue weighted by atomic mass is 19.4. The molecule has 0 saturated heterocycles. The molecule has 0 fully saturated rings. The van der Waals surface area contributed by atoms with Crippen LogP contribution in [-0.2, 0) is 6.18 Å². The van der Waals surface area contributed by atoms with Crippen molar-refractivity contribution in [3.8, 4) is 11.1 Å². The van der Waals surface area contributed by atoms with E-state index in [4.69, 9.17) is 5.73 Å². The lowest BCUT2D eigenvalue weighted by Gasteiger charge is -2.12. The number of benzene rings is 4. The quantitative estimate of drug-likeness (QED) is 0.149. The molecule has 0 unspecified atom stereocenters. The monoisotopic (exact) mass is 582 g/mol. The van der Waals surface area contributed by atoms with E-state index in [9.17, 15) is 22.8 Å². The van der Waals surface area contributed by atoms with Crippen LogP contribution < -0.4 is 21.7 Å². The first-order chi connectivity index (χ1) is 20.5. The van der Waals surface area contributed by atoms with Gasteiger partial charge in [-0.15, -0.1) is 0 Å². The van der Waals surface area contributed by atoms with Crippen molar-refractivity contribution in [1.82, 2.24) is 9.97 Å². The first-order valence-electron chi connectivity index (χ1n) is 13.0. The Morgan fingerprint density at radius 2 is 1.42 bits per heavy atom. The van der Waals surface area contributed by atoms with Crippen molar-refractivity contribution < 1.29 is 22.8 Å². The summed E-state index contributed by atoms with van der Waals surface area (Å²) in [5.41, 5.74) is 9.34. The zero-order valence-corrected chi connectivity index (χ0v) is 22.7. The average molecular weight is 583 g/mol. The molecule has 0 aliphatic heterocycles. The Morgan fingerprint density at radius 3 is 2.12 bits per heavy atom. The highest BCUT2D eigenvalue weighted by Gasteiger charge is 2.30. The van der Waals surface area contributed by atoms with Crippen molar-refractivity contribution in [3.05, 3.63) is 126 Å². The van der Waals surface area contributed by atoms with E-state index in [1.807, 2.05) is 6.07 Å². The van der Waals surface area contributed by atoms with E-state index in [1.54, 1.807) is 61.5 Å². The maximum atomic E-state index is 13.1. The topological polar surface area (TPSA) is 122 Å². The molecule has 0 bridgehead atoms. The van der Waals surface area contributed by atoms with Gasteiger partial charge < -0.3 is 21.7 Å². The number of amides is 2. The normalized spacial score (nSPS) is 11.1. The number of aromatic nitrogens is 2. The third kappa shape index (κ3) is 7.14. The number of hydrogen-bond donors (Lipinski definition) is 4. The standard InChI is InChI=1S/C32H25F3N6O2/c1-19-8-13-26(39-29(42)21-11-9-20(10-12-21)22-4-2-5-23(14-22)32(33,34)35)16-28(19)30(43)40-27-17-37-31(38-18-27)41-25-7-3-6-24(36)15-25/h2-18H,36H2,1H3,(H,39,42)(H,40,43)(H,37,38,41). The van der Waals surface area contributed by atoms with Crippen LogP contribution >= 0.6 is 0 Å². The van der Waals surface area contributed by atoms with Gasteiger partial charge in [0.2, 0.25) is 5.95 Å². The molecular weight excluding hydrogens is 557 g/mol. The summed E-state index contributed by atoms with van der Waals surface area (Å²) in [5, 5.41) is 8.54. The van der Waals surface area contributed by atoms with Gasteiger partial charge in [0, 0.05) is 28.2 Å². The van der Waals surface area contributed by atoms with E-state index >= 15 is 0 Å². The first-order valence-corrected chi connectivity index (χ1v) is 13.0. The minimum atomic E-state index is -4.45. The second-order valence-electron chi connectivity index (χ2n) is 9.64.